The van der Waals surface area contributed by atoms with E-state index in [1.165, 1.54) is 18.6 Å². The average molecular weight is 353 g/mol. The van der Waals surface area contributed by atoms with Gasteiger partial charge >= 0.3 is 17.9 Å². The molecule has 22 heavy (non-hydrogen) atoms. The highest BCUT2D eigenvalue weighted by molar-refractivity contribution is 8.77. The zero-order valence-electron chi connectivity index (χ0n) is 12.3. The molecule has 0 amide bonds. The lowest BCUT2D eigenvalue weighted by Crippen LogP contribution is -2.30. The first-order valence-electron chi connectivity index (χ1n) is 7.03. The molecule has 1 saturated heterocycles. The lowest BCUT2D eigenvalue weighted by Gasteiger charge is -2.04. The molecule has 1 rings (SSSR count). The fraction of sp³-hybridized carbons (Fsp3) is 0.769. The summed E-state index contributed by atoms with van der Waals surface area (Å²) in [5.41, 5.74) is 5.00. The van der Waals surface area contributed by atoms with Gasteiger partial charge in [0.15, 0.2) is 0 Å². The van der Waals surface area contributed by atoms with Gasteiger partial charge in [-0.3, -0.25) is 14.4 Å². The monoisotopic (exact) mass is 353 g/mol. The van der Waals surface area contributed by atoms with Crippen molar-refractivity contribution < 1.29 is 29.7 Å². The summed E-state index contributed by atoms with van der Waals surface area (Å²) >= 11 is 0. The molecule has 0 spiro atoms. The summed E-state index contributed by atoms with van der Waals surface area (Å²) in [5, 5.41) is 25.5. The van der Waals surface area contributed by atoms with Gasteiger partial charge in [0.05, 0.1) is 0 Å². The van der Waals surface area contributed by atoms with Gasteiger partial charge in [-0.05, 0) is 25.7 Å². The maximum absolute atomic E-state index is 10.2. The van der Waals surface area contributed by atoms with Gasteiger partial charge in [0, 0.05) is 23.8 Å². The Morgan fingerprint density at radius 1 is 1.09 bits per heavy atom. The minimum absolute atomic E-state index is 0.0231. The van der Waals surface area contributed by atoms with Crippen molar-refractivity contribution >= 4 is 39.5 Å². The molecule has 0 aromatic carbocycles. The van der Waals surface area contributed by atoms with Crippen LogP contribution in [0.3, 0.4) is 0 Å². The smallest absolute Gasteiger partial charge is 0.320 e. The van der Waals surface area contributed by atoms with Crippen LogP contribution in [0.1, 0.15) is 44.9 Å². The molecule has 0 bridgehead atoms. The minimum atomic E-state index is -1.17. The Balaban J connectivity index is 0.000000409. The lowest BCUT2D eigenvalue weighted by atomic mass is 10.1. The molecular weight excluding hydrogens is 330 g/mol. The van der Waals surface area contributed by atoms with Crippen LogP contribution in [0.25, 0.3) is 0 Å². The predicted molar refractivity (Wildman–Crippen MR) is 87.0 cm³/mol. The van der Waals surface area contributed by atoms with Crippen LogP contribution in [0.4, 0.5) is 0 Å². The second-order valence-electron chi connectivity index (χ2n) is 4.85. The van der Waals surface area contributed by atoms with Crippen molar-refractivity contribution in [3.63, 3.8) is 0 Å². The highest BCUT2D eigenvalue weighted by atomic mass is 33.1. The van der Waals surface area contributed by atoms with Crippen molar-refractivity contribution in [3.8, 4) is 0 Å². The fourth-order valence-corrected chi connectivity index (χ4v) is 4.64. The molecule has 0 aromatic heterocycles. The number of nitrogens with two attached hydrogens (primary N) is 1. The predicted octanol–water partition coefficient (Wildman–Crippen LogP) is 2.05. The van der Waals surface area contributed by atoms with Crippen molar-refractivity contribution in [2.24, 2.45) is 5.73 Å². The van der Waals surface area contributed by atoms with Crippen LogP contribution in [0, 0.1) is 0 Å². The Morgan fingerprint density at radius 2 is 1.73 bits per heavy atom. The highest BCUT2D eigenvalue weighted by Gasteiger charge is 2.15. The Kier molecular flexibility index (Phi) is 12.1. The Bertz CT molecular complexity index is 360. The quantitative estimate of drug-likeness (QED) is 0.362. The first-order valence-corrected chi connectivity index (χ1v) is 9.41. The van der Waals surface area contributed by atoms with Gasteiger partial charge < -0.3 is 21.1 Å². The maximum atomic E-state index is 10.2. The van der Waals surface area contributed by atoms with E-state index >= 15 is 0 Å². The van der Waals surface area contributed by atoms with Crippen molar-refractivity contribution in [3.05, 3.63) is 0 Å². The largest absolute Gasteiger partial charge is 0.481 e. The molecule has 1 fully saturated rings. The zero-order valence-corrected chi connectivity index (χ0v) is 13.9. The van der Waals surface area contributed by atoms with Crippen molar-refractivity contribution in [1.29, 1.82) is 0 Å². The van der Waals surface area contributed by atoms with Crippen LogP contribution < -0.4 is 5.73 Å². The van der Waals surface area contributed by atoms with E-state index in [1.807, 2.05) is 21.6 Å². The summed E-state index contributed by atoms with van der Waals surface area (Å²) in [7, 11) is 3.92. The molecule has 1 heterocycles. The second-order valence-corrected chi connectivity index (χ2v) is 7.63. The van der Waals surface area contributed by atoms with Gasteiger partial charge in [-0.2, -0.15) is 0 Å². The second kappa shape index (κ2) is 12.6. The van der Waals surface area contributed by atoms with Crippen LogP contribution in [0.2, 0.25) is 0 Å². The molecule has 1 aliphatic rings. The molecule has 0 radical (unpaired) electrons. The Morgan fingerprint density at radius 3 is 2.18 bits per heavy atom. The van der Waals surface area contributed by atoms with Crippen LogP contribution >= 0.6 is 21.6 Å². The molecule has 2 atom stereocenters. The number of carboxylic acids is 3. The molecule has 128 valence electrons. The van der Waals surface area contributed by atoms with E-state index in [2.05, 4.69) is 0 Å². The number of unbranched alkanes of at least 4 members (excludes halogenated alkanes) is 1. The summed E-state index contributed by atoms with van der Waals surface area (Å²) in [6, 6.07) is -1.06. The van der Waals surface area contributed by atoms with E-state index in [0.29, 0.717) is 6.42 Å². The van der Waals surface area contributed by atoms with Crippen LogP contribution in [0.15, 0.2) is 0 Å². The molecule has 1 aliphatic heterocycles. The first-order chi connectivity index (χ1) is 10.3. The number of carbonyl (C=O) groups is 3. The van der Waals surface area contributed by atoms with Gasteiger partial charge in [0.1, 0.15) is 6.04 Å². The van der Waals surface area contributed by atoms with E-state index in [1.54, 1.807) is 0 Å². The normalized spacial score (nSPS) is 18.1. The third kappa shape index (κ3) is 12.8. The molecule has 0 aliphatic carbocycles. The SMILES string of the molecule is NC(CCC(=O)O)C(=O)O.O=C(O)CCCC[C@@H]1CCSS1. The summed E-state index contributed by atoms with van der Waals surface area (Å²) in [6.07, 6.45) is 4.54. The Labute approximate surface area is 137 Å². The van der Waals surface area contributed by atoms with E-state index in [4.69, 9.17) is 21.1 Å². The van der Waals surface area contributed by atoms with Crippen molar-refractivity contribution in [2.45, 2.75) is 56.2 Å². The van der Waals surface area contributed by atoms with Crippen LogP contribution in [-0.2, 0) is 14.4 Å². The van der Waals surface area contributed by atoms with E-state index in [0.717, 1.165) is 18.1 Å². The third-order valence-corrected chi connectivity index (χ3v) is 5.89. The van der Waals surface area contributed by atoms with E-state index in [-0.39, 0.29) is 12.8 Å². The molecule has 0 aromatic rings. The van der Waals surface area contributed by atoms with E-state index in [9.17, 15) is 14.4 Å². The number of carboxylic acid groups (broad SMARTS) is 3. The number of rotatable bonds is 9. The summed E-state index contributed by atoms with van der Waals surface area (Å²) in [6.45, 7) is 0. The van der Waals surface area contributed by atoms with Gasteiger partial charge in [-0.25, -0.2) is 0 Å². The summed E-state index contributed by atoms with van der Waals surface area (Å²) in [4.78, 5) is 30.1. The van der Waals surface area contributed by atoms with Crippen LogP contribution in [0.5, 0.6) is 0 Å². The Hall–Kier alpha value is -0.930. The molecule has 5 N–H and O–H groups in total. The third-order valence-electron chi connectivity index (χ3n) is 2.88. The lowest BCUT2D eigenvalue weighted by molar-refractivity contribution is -0.140. The molecule has 0 saturated carbocycles. The molecule has 9 heteroatoms. The summed E-state index contributed by atoms with van der Waals surface area (Å²) < 4.78 is 0. The van der Waals surface area contributed by atoms with Gasteiger partial charge in [-0.15, -0.1) is 0 Å². The zero-order chi connectivity index (χ0) is 17.0. The van der Waals surface area contributed by atoms with Crippen molar-refractivity contribution in [1.82, 2.24) is 0 Å². The minimum Gasteiger partial charge on any atom is -0.481 e. The number of hydrogen-bond donors (Lipinski definition) is 4. The van der Waals surface area contributed by atoms with Gasteiger partial charge in [-0.1, -0.05) is 28.0 Å². The van der Waals surface area contributed by atoms with E-state index < -0.39 is 23.9 Å². The number of hydrogen-bond acceptors (Lipinski definition) is 6. The van der Waals surface area contributed by atoms with Crippen LogP contribution in [-0.4, -0.2) is 50.3 Å². The number of aliphatic carboxylic acids is 3. The topological polar surface area (TPSA) is 138 Å². The van der Waals surface area contributed by atoms with Gasteiger partial charge in [0.2, 0.25) is 0 Å². The highest BCUT2D eigenvalue weighted by Crippen LogP contribution is 2.39. The molecule has 7 nitrogen and oxygen atoms in total. The first kappa shape index (κ1) is 21.1. The fourth-order valence-electron chi connectivity index (χ4n) is 1.62. The van der Waals surface area contributed by atoms with Crippen molar-refractivity contribution in [2.75, 3.05) is 5.75 Å². The average Bonchev–Trinajstić information content (AvgIpc) is 2.94. The molecule has 1 unspecified atom stereocenters. The standard InChI is InChI=1S/C8H14O2S2.C5H9NO4/c9-8(10)4-2-1-3-7-5-6-11-12-7;6-3(5(9)10)1-2-4(7)8/h7H,1-6H2,(H,9,10);3H,1-2,6H2,(H,7,8)(H,9,10)/t7-;/m1./s1. The van der Waals surface area contributed by atoms with Gasteiger partial charge in [0.25, 0.3) is 0 Å². The summed E-state index contributed by atoms with van der Waals surface area (Å²) in [5.74, 6) is -1.59. The maximum Gasteiger partial charge on any atom is 0.320 e. The molecular formula is C13H23NO6S2.